The van der Waals surface area contributed by atoms with E-state index in [1.54, 1.807) is 15.8 Å². The summed E-state index contributed by atoms with van der Waals surface area (Å²) in [5.74, 6) is -0.0580. The third kappa shape index (κ3) is 5.39. The van der Waals surface area contributed by atoms with Crippen LogP contribution in [0.15, 0.2) is 43.1 Å². The normalized spacial score (nSPS) is 14.1. The molecule has 8 nitrogen and oxygen atoms in total. The molecular weight excluding hydrogens is 428 g/mol. The highest BCUT2D eigenvalue weighted by Gasteiger charge is 2.36. The van der Waals surface area contributed by atoms with E-state index >= 15 is 0 Å². The number of carbonyl (C=O) groups excluding carboxylic acids is 2. The molecule has 0 radical (unpaired) electrons. The van der Waals surface area contributed by atoms with Crippen molar-refractivity contribution in [1.29, 1.82) is 0 Å². The summed E-state index contributed by atoms with van der Waals surface area (Å²) >= 11 is 0. The van der Waals surface area contributed by atoms with Crippen LogP contribution in [0.2, 0.25) is 0 Å². The molecule has 1 unspecified atom stereocenters. The predicted octanol–water partition coefficient (Wildman–Crippen LogP) is 3.99. The number of fused-ring (bicyclic) bond motifs is 2. The number of anilines is 3. The van der Waals surface area contributed by atoms with Crippen LogP contribution in [-0.4, -0.2) is 70.2 Å². The first-order valence-corrected chi connectivity index (χ1v) is 12.2. The van der Waals surface area contributed by atoms with Crippen molar-refractivity contribution in [2.45, 2.75) is 47.2 Å². The van der Waals surface area contributed by atoms with Crippen molar-refractivity contribution in [2.75, 3.05) is 42.9 Å². The van der Waals surface area contributed by atoms with Gasteiger partial charge in [0, 0.05) is 26.2 Å². The SMILES string of the molecule is C=CCN(CCN(CC)CC)C(C)C(=O)N1c2ccccc2NC(=O)c2c1cnn2CC(C)C. The molecule has 2 heterocycles. The third-order valence-electron chi connectivity index (χ3n) is 6.29. The number of hydrogen-bond donors (Lipinski definition) is 1. The number of likely N-dealkylation sites (N-methyl/N-ethyl adjacent to an activating group) is 1. The molecular formula is C26H38N6O2. The number of carbonyl (C=O) groups is 2. The van der Waals surface area contributed by atoms with Crippen LogP contribution >= 0.6 is 0 Å². The van der Waals surface area contributed by atoms with Crippen LogP contribution in [0.25, 0.3) is 0 Å². The monoisotopic (exact) mass is 466 g/mol. The second kappa shape index (κ2) is 11.4. The van der Waals surface area contributed by atoms with Gasteiger partial charge in [-0.15, -0.1) is 6.58 Å². The molecule has 1 aliphatic rings. The molecule has 3 rings (SSSR count). The minimum absolute atomic E-state index is 0.101. The molecule has 0 aliphatic carbocycles. The van der Waals surface area contributed by atoms with Crippen LogP contribution in [0, 0.1) is 5.92 Å². The van der Waals surface area contributed by atoms with Crippen molar-refractivity contribution >= 4 is 28.9 Å². The zero-order valence-electron chi connectivity index (χ0n) is 21.1. The van der Waals surface area contributed by atoms with Crippen LogP contribution < -0.4 is 10.2 Å². The van der Waals surface area contributed by atoms with Crippen LogP contribution in [0.4, 0.5) is 17.1 Å². The summed E-state index contributed by atoms with van der Waals surface area (Å²) in [4.78, 5) is 33.4. The Kier molecular flexibility index (Phi) is 8.63. The van der Waals surface area contributed by atoms with Crippen LogP contribution in [0.1, 0.15) is 45.1 Å². The molecule has 0 bridgehead atoms. The lowest BCUT2D eigenvalue weighted by atomic mass is 10.1. The van der Waals surface area contributed by atoms with Gasteiger partial charge in [0.25, 0.3) is 5.91 Å². The minimum Gasteiger partial charge on any atom is -0.319 e. The summed E-state index contributed by atoms with van der Waals surface area (Å²) in [6, 6.07) is 7.00. The maximum atomic E-state index is 14.1. The smallest absolute Gasteiger partial charge is 0.276 e. The fraction of sp³-hybridized carbons (Fsp3) is 0.500. The first-order valence-electron chi connectivity index (χ1n) is 12.2. The number of amides is 2. The highest BCUT2D eigenvalue weighted by molar-refractivity contribution is 6.17. The summed E-state index contributed by atoms with van der Waals surface area (Å²) in [5, 5.41) is 7.47. The molecule has 34 heavy (non-hydrogen) atoms. The standard InChI is InChI=1S/C26H38N6O2/c1-7-14-30(16-15-29(8-2)9-3)20(6)26(34)32-22-13-11-10-12-21(22)28-25(33)24-23(32)17-27-31(24)18-19(4)5/h7,10-13,17,19-20H,1,8-9,14-16,18H2,2-6H3,(H,28,33). The largest absolute Gasteiger partial charge is 0.319 e. The van der Waals surface area contributed by atoms with Crippen LogP contribution in [-0.2, 0) is 11.3 Å². The minimum atomic E-state index is -0.420. The Balaban J connectivity index is 2.01. The molecule has 1 atom stereocenters. The molecule has 1 aliphatic heterocycles. The first kappa shape index (κ1) is 25.6. The number of nitrogens with zero attached hydrogens (tertiary/aromatic N) is 5. The predicted molar refractivity (Wildman–Crippen MR) is 138 cm³/mol. The zero-order valence-corrected chi connectivity index (χ0v) is 21.1. The van der Waals surface area contributed by atoms with Gasteiger partial charge in [-0.2, -0.15) is 5.10 Å². The van der Waals surface area contributed by atoms with Gasteiger partial charge in [0.1, 0.15) is 5.69 Å². The van der Waals surface area contributed by atoms with Crippen molar-refractivity contribution in [2.24, 2.45) is 5.92 Å². The first-order chi connectivity index (χ1) is 16.3. The Hall–Kier alpha value is -2.97. The van der Waals surface area contributed by atoms with Gasteiger partial charge in [0.05, 0.1) is 23.6 Å². The van der Waals surface area contributed by atoms with Gasteiger partial charge in [-0.25, -0.2) is 0 Å². The van der Waals surface area contributed by atoms with E-state index in [0.717, 1.165) is 26.2 Å². The van der Waals surface area contributed by atoms with Crippen LogP contribution in [0.3, 0.4) is 0 Å². The topological polar surface area (TPSA) is 73.7 Å². The van der Waals surface area contributed by atoms with E-state index in [1.807, 2.05) is 37.3 Å². The quantitative estimate of drug-likeness (QED) is 0.507. The fourth-order valence-corrected chi connectivity index (χ4v) is 4.34. The summed E-state index contributed by atoms with van der Waals surface area (Å²) in [6.07, 6.45) is 3.47. The lowest BCUT2D eigenvalue weighted by Crippen LogP contribution is -2.48. The second-order valence-electron chi connectivity index (χ2n) is 9.09. The summed E-state index contributed by atoms with van der Waals surface area (Å²) in [6.45, 7) is 19.0. The number of nitrogens with one attached hydrogen (secondary N) is 1. The molecule has 0 saturated heterocycles. The Morgan fingerprint density at radius 3 is 2.50 bits per heavy atom. The van der Waals surface area contributed by atoms with E-state index in [1.165, 1.54) is 0 Å². The van der Waals surface area contributed by atoms with Gasteiger partial charge in [0.2, 0.25) is 5.91 Å². The molecule has 2 amide bonds. The van der Waals surface area contributed by atoms with Gasteiger partial charge in [-0.05, 0) is 38.1 Å². The van der Waals surface area contributed by atoms with Crippen LogP contribution in [0.5, 0.6) is 0 Å². The summed E-state index contributed by atoms with van der Waals surface area (Å²) in [7, 11) is 0. The zero-order chi connectivity index (χ0) is 24.8. The lowest BCUT2D eigenvalue weighted by molar-refractivity contribution is -0.122. The van der Waals surface area contributed by atoms with Gasteiger partial charge >= 0.3 is 0 Å². The molecule has 0 spiro atoms. The number of para-hydroxylation sites is 2. The average Bonchev–Trinajstić information content (AvgIpc) is 3.16. The van der Waals surface area contributed by atoms with E-state index in [9.17, 15) is 9.59 Å². The Labute approximate surface area is 203 Å². The molecule has 184 valence electrons. The summed E-state index contributed by atoms with van der Waals surface area (Å²) < 4.78 is 1.70. The molecule has 1 aromatic heterocycles. The summed E-state index contributed by atoms with van der Waals surface area (Å²) in [5.41, 5.74) is 2.18. The Morgan fingerprint density at radius 1 is 1.15 bits per heavy atom. The van der Waals surface area contributed by atoms with Crippen molar-refractivity contribution in [3.63, 3.8) is 0 Å². The Morgan fingerprint density at radius 2 is 1.85 bits per heavy atom. The van der Waals surface area contributed by atoms with Gasteiger partial charge in [-0.1, -0.05) is 45.9 Å². The maximum Gasteiger partial charge on any atom is 0.276 e. The number of benzene rings is 1. The van der Waals surface area contributed by atoms with E-state index < -0.39 is 6.04 Å². The number of aromatic nitrogens is 2. The molecule has 2 aromatic rings. The number of rotatable bonds is 11. The lowest BCUT2D eigenvalue weighted by Gasteiger charge is -2.33. The molecule has 1 N–H and O–H groups in total. The van der Waals surface area contributed by atoms with Crippen molar-refractivity contribution in [3.8, 4) is 0 Å². The Bertz CT molecular complexity index is 1010. The van der Waals surface area contributed by atoms with Gasteiger partial charge < -0.3 is 10.2 Å². The third-order valence-corrected chi connectivity index (χ3v) is 6.29. The molecule has 0 fully saturated rings. The van der Waals surface area contributed by atoms with E-state index in [2.05, 4.69) is 54.5 Å². The molecule has 0 saturated carbocycles. The highest BCUT2D eigenvalue weighted by atomic mass is 16.2. The van der Waals surface area contributed by atoms with Crippen molar-refractivity contribution in [1.82, 2.24) is 19.6 Å². The van der Waals surface area contributed by atoms with Crippen molar-refractivity contribution < 1.29 is 9.59 Å². The fourth-order valence-electron chi connectivity index (χ4n) is 4.34. The molecule has 1 aromatic carbocycles. The maximum absolute atomic E-state index is 14.1. The van der Waals surface area contributed by atoms with Crippen molar-refractivity contribution in [3.05, 3.63) is 48.8 Å². The number of hydrogen-bond acceptors (Lipinski definition) is 5. The average molecular weight is 467 g/mol. The van der Waals surface area contributed by atoms with Gasteiger partial charge in [-0.3, -0.25) is 24.1 Å². The second-order valence-corrected chi connectivity index (χ2v) is 9.09. The van der Waals surface area contributed by atoms with E-state index in [4.69, 9.17) is 0 Å². The van der Waals surface area contributed by atoms with E-state index in [-0.39, 0.29) is 11.8 Å². The molecule has 8 heteroatoms. The van der Waals surface area contributed by atoms with Gasteiger partial charge in [0.15, 0.2) is 5.69 Å². The van der Waals surface area contributed by atoms with E-state index in [0.29, 0.717) is 41.8 Å². The highest BCUT2D eigenvalue weighted by Crippen LogP contribution is 2.38.